The summed E-state index contributed by atoms with van der Waals surface area (Å²) < 4.78 is 1.85. The minimum Gasteiger partial charge on any atom is -0.322 e. The molecular weight excluding hydrogens is 360 g/mol. The number of hydrogen-bond acceptors (Lipinski definition) is 3. The fraction of sp³-hybridized carbons (Fsp3) is 0.333. The molecule has 1 aliphatic heterocycles. The normalized spacial score (nSPS) is 14.7. The summed E-state index contributed by atoms with van der Waals surface area (Å²) in [7, 11) is 0. The van der Waals surface area contributed by atoms with Gasteiger partial charge in [0, 0.05) is 12.2 Å². The quantitative estimate of drug-likeness (QED) is 0.667. The van der Waals surface area contributed by atoms with Gasteiger partial charge in [-0.15, -0.1) is 0 Å². The van der Waals surface area contributed by atoms with Gasteiger partial charge >= 0.3 is 0 Å². The molecule has 3 aromatic rings. The van der Waals surface area contributed by atoms with E-state index in [0.717, 1.165) is 43.1 Å². The summed E-state index contributed by atoms with van der Waals surface area (Å²) in [6, 6.07) is 18.1. The van der Waals surface area contributed by atoms with Gasteiger partial charge < -0.3 is 5.32 Å². The van der Waals surface area contributed by atoms with Crippen molar-refractivity contribution in [1.82, 2.24) is 14.7 Å². The van der Waals surface area contributed by atoms with E-state index in [1.807, 2.05) is 54.1 Å². The number of carbonyl (C=O) groups excluding carboxylic acids is 1. The number of hydrogen-bond donors (Lipinski definition) is 1. The highest BCUT2D eigenvalue weighted by atomic mass is 16.1. The van der Waals surface area contributed by atoms with Gasteiger partial charge in [-0.25, -0.2) is 4.68 Å². The molecule has 5 heteroatoms. The molecule has 0 unspecified atom stereocenters. The zero-order valence-electron chi connectivity index (χ0n) is 17.0. The number of para-hydroxylation sites is 1. The molecule has 29 heavy (non-hydrogen) atoms. The van der Waals surface area contributed by atoms with Crippen molar-refractivity contribution in [3.63, 3.8) is 0 Å². The molecule has 0 bridgehead atoms. The predicted octanol–water partition coefficient (Wildman–Crippen LogP) is 4.67. The van der Waals surface area contributed by atoms with Crippen LogP contribution >= 0.6 is 0 Å². The van der Waals surface area contributed by atoms with Gasteiger partial charge in [0.1, 0.15) is 0 Å². The first-order valence-corrected chi connectivity index (χ1v) is 10.5. The lowest BCUT2D eigenvalue weighted by Gasteiger charge is -2.26. The molecule has 0 aliphatic carbocycles. The summed E-state index contributed by atoms with van der Waals surface area (Å²) in [5, 5.41) is 7.53. The van der Waals surface area contributed by atoms with Crippen LogP contribution < -0.4 is 5.32 Å². The Morgan fingerprint density at radius 2 is 1.83 bits per heavy atom. The fourth-order valence-electron chi connectivity index (χ4n) is 4.02. The van der Waals surface area contributed by atoms with Crippen LogP contribution in [0.4, 0.5) is 5.69 Å². The topological polar surface area (TPSA) is 50.2 Å². The maximum atomic E-state index is 13.0. The van der Waals surface area contributed by atoms with Gasteiger partial charge in [-0.05, 0) is 62.2 Å². The molecule has 5 nitrogen and oxygen atoms in total. The third kappa shape index (κ3) is 4.57. The SMILES string of the molecule is CCc1c(C(=O)Nc2cccc(CN3CCCCC3)c2)cnn1-c1ccccc1. The second-order valence-electron chi connectivity index (χ2n) is 7.60. The molecule has 1 saturated heterocycles. The van der Waals surface area contributed by atoms with Crippen LogP contribution in [0.25, 0.3) is 5.69 Å². The van der Waals surface area contributed by atoms with Crippen LogP contribution in [0.1, 0.15) is 47.8 Å². The summed E-state index contributed by atoms with van der Waals surface area (Å²) in [6.45, 7) is 5.31. The summed E-state index contributed by atoms with van der Waals surface area (Å²) >= 11 is 0. The first-order chi connectivity index (χ1) is 14.2. The predicted molar refractivity (Wildman–Crippen MR) is 116 cm³/mol. The largest absolute Gasteiger partial charge is 0.322 e. The van der Waals surface area contributed by atoms with Crippen LogP contribution in [0.5, 0.6) is 0 Å². The zero-order valence-corrected chi connectivity index (χ0v) is 17.0. The number of piperidine rings is 1. The Hall–Kier alpha value is -2.92. The van der Waals surface area contributed by atoms with Crippen molar-refractivity contribution >= 4 is 11.6 Å². The van der Waals surface area contributed by atoms with Crippen LogP contribution in [0.3, 0.4) is 0 Å². The van der Waals surface area contributed by atoms with Gasteiger partial charge in [-0.3, -0.25) is 9.69 Å². The Morgan fingerprint density at radius 3 is 2.59 bits per heavy atom. The van der Waals surface area contributed by atoms with Crippen LogP contribution in [-0.2, 0) is 13.0 Å². The number of likely N-dealkylation sites (tertiary alicyclic amines) is 1. The van der Waals surface area contributed by atoms with Crippen molar-refractivity contribution in [1.29, 1.82) is 0 Å². The Labute approximate surface area is 172 Å². The molecule has 1 amide bonds. The number of anilines is 1. The Bertz CT molecular complexity index is 958. The summed E-state index contributed by atoms with van der Waals surface area (Å²) in [6.07, 6.45) is 6.29. The molecule has 1 fully saturated rings. The monoisotopic (exact) mass is 388 g/mol. The van der Waals surface area contributed by atoms with E-state index < -0.39 is 0 Å². The molecule has 0 saturated carbocycles. The standard InChI is InChI=1S/C24H28N4O/c1-2-23-22(17-25-28(23)21-12-5-3-6-13-21)24(29)26-20-11-9-10-19(16-20)18-27-14-7-4-8-15-27/h3,5-6,9-13,16-17H,2,4,7-8,14-15,18H2,1H3,(H,26,29). The molecule has 2 aromatic carbocycles. The molecule has 0 radical (unpaired) electrons. The highest BCUT2D eigenvalue weighted by Crippen LogP contribution is 2.19. The van der Waals surface area contributed by atoms with Crippen molar-refractivity contribution in [3.8, 4) is 5.69 Å². The van der Waals surface area contributed by atoms with E-state index >= 15 is 0 Å². The third-order valence-corrected chi connectivity index (χ3v) is 5.49. The smallest absolute Gasteiger partial charge is 0.259 e. The van der Waals surface area contributed by atoms with Crippen molar-refractivity contribution in [2.24, 2.45) is 0 Å². The van der Waals surface area contributed by atoms with Crippen LogP contribution in [0, 0.1) is 0 Å². The minimum atomic E-state index is -0.112. The molecule has 0 spiro atoms. The second-order valence-corrected chi connectivity index (χ2v) is 7.60. The van der Waals surface area contributed by atoms with Gasteiger partial charge in [-0.1, -0.05) is 43.7 Å². The number of nitrogens with one attached hydrogen (secondary N) is 1. The number of nitrogens with zero attached hydrogens (tertiary/aromatic N) is 3. The molecule has 4 rings (SSSR count). The van der Waals surface area contributed by atoms with Crippen molar-refractivity contribution in [2.75, 3.05) is 18.4 Å². The molecular formula is C24H28N4O. The molecule has 150 valence electrons. The van der Waals surface area contributed by atoms with E-state index in [9.17, 15) is 4.79 Å². The van der Waals surface area contributed by atoms with Gasteiger partial charge in [0.2, 0.25) is 0 Å². The highest BCUT2D eigenvalue weighted by Gasteiger charge is 2.17. The van der Waals surface area contributed by atoms with Gasteiger partial charge in [0.25, 0.3) is 5.91 Å². The minimum absolute atomic E-state index is 0.112. The Morgan fingerprint density at radius 1 is 1.03 bits per heavy atom. The van der Waals surface area contributed by atoms with Crippen LogP contribution in [0.2, 0.25) is 0 Å². The number of carbonyl (C=O) groups is 1. The first-order valence-electron chi connectivity index (χ1n) is 10.5. The molecule has 1 aromatic heterocycles. The molecule has 1 aliphatic rings. The highest BCUT2D eigenvalue weighted by molar-refractivity contribution is 6.05. The molecule has 1 N–H and O–H groups in total. The van der Waals surface area contributed by atoms with E-state index in [4.69, 9.17) is 0 Å². The van der Waals surface area contributed by atoms with Crippen molar-refractivity contribution < 1.29 is 4.79 Å². The number of amides is 1. The summed E-state index contributed by atoms with van der Waals surface area (Å²) in [5.74, 6) is -0.112. The maximum absolute atomic E-state index is 13.0. The van der Waals surface area contributed by atoms with Crippen molar-refractivity contribution in [3.05, 3.63) is 77.6 Å². The fourth-order valence-corrected chi connectivity index (χ4v) is 4.02. The van der Waals surface area contributed by atoms with E-state index in [-0.39, 0.29) is 5.91 Å². The first kappa shape index (κ1) is 19.4. The van der Waals surface area contributed by atoms with E-state index in [2.05, 4.69) is 27.4 Å². The maximum Gasteiger partial charge on any atom is 0.259 e. The van der Waals surface area contributed by atoms with Gasteiger partial charge in [0.05, 0.1) is 23.1 Å². The van der Waals surface area contributed by atoms with E-state index in [1.165, 1.54) is 24.8 Å². The number of rotatable bonds is 6. The Balaban J connectivity index is 1.50. The average Bonchev–Trinajstić information content (AvgIpc) is 3.20. The van der Waals surface area contributed by atoms with E-state index in [0.29, 0.717) is 5.56 Å². The lowest BCUT2D eigenvalue weighted by molar-refractivity contribution is 0.102. The van der Waals surface area contributed by atoms with Crippen LogP contribution in [0.15, 0.2) is 60.8 Å². The number of benzene rings is 2. The van der Waals surface area contributed by atoms with Crippen LogP contribution in [-0.4, -0.2) is 33.7 Å². The second kappa shape index (κ2) is 9.05. The van der Waals surface area contributed by atoms with E-state index in [1.54, 1.807) is 6.20 Å². The zero-order chi connectivity index (χ0) is 20.1. The third-order valence-electron chi connectivity index (χ3n) is 5.49. The Kier molecular flexibility index (Phi) is 6.06. The molecule has 2 heterocycles. The van der Waals surface area contributed by atoms with Gasteiger partial charge in [-0.2, -0.15) is 5.10 Å². The van der Waals surface area contributed by atoms with Gasteiger partial charge in [0.15, 0.2) is 0 Å². The number of aromatic nitrogens is 2. The molecule has 0 atom stereocenters. The average molecular weight is 389 g/mol. The lowest BCUT2D eigenvalue weighted by atomic mass is 10.1. The summed E-state index contributed by atoms with van der Waals surface area (Å²) in [5.41, 5.74) is 4.57. The van der Waals surface area contributed by atoms with Crippen molar-refractivity contribution in [2.45, 2.75) is 39.2 Å². The summed E-state index contributed by atoms with van der Waals surface area (Å²) in [4.78, 5) is 15.5. The lowest BCUT2D eigenvalue weighted by Crippen LogP contribution is -2.29.